The summed E-state index contributed by atoms with van der Waals surface area (Å²) in [5.41, 5.74) is 3.28. The van der Waals surface area contributed by atoms with Crippen molar-refractivity contribution in [3.05, 3.63) is 48.0 Å². The van der Waals surface area contributed by atoms with Gasteiger partial charge in [0.2, 0.25) is 5.91 Å². The lowest BCUT2D eigenvalue weighted by Crippen LogP contribution is -2.47. The molecule has 1 fully saturated rings. The highest BCUT2D eigenvalue weighted by Crippen LogP contribution is 2.31. The molecule has 1 aliphatic heterocycles. The van der Waals surface area contributed by atoms with Crippen molar-refractivity contribution in [3.8, 4) is 5.75 Å². The largest absolute Gasteiger partial charge is 0.495 e. The van der Waals surface area contributed by atoms with Gasteiger partial charge in [0, 0.05) is 50.5 Å². The number of rotatable bonds is 19. The average Bonchev–Trinajstić information content (AvgIpc) is 3.02. The van der Waals surface area contributed by atoms with E-state index in [0.29, 0.717) is 24.2 Å². The fraction of sp³-hybridized carbons (Fsp3) is 0.600. The summed E-state index contributed by atoms with van der Waals surface area (Å²) in [6.45, 7) is 6.96. The number of carbonyl (C=O) groups excluding carboxylic acids is 2. The molecule has 0 unspecified atom stereocenters. The van der Waals surface area contributed by atoms with Crippen LogP contribution in [0.25, 0.3) is 0 Å². The molecule has 0 bridgehead atoms. The summed E-state index contributed by atoms with van der Waals surface area (Å²) in [5.74, 6) is 0.783. The Kier molecular flexibility index (Phi) is 15.2. The Balaban J connectivity index is 1.59. The normalized spacial score (nSPS) is 13.3. The predicted octanol–water partition coefficient (Wildman–Crippen LogP) is 6.56. The Morgan fingerprint density at radius 3 is 2.09 bits per heavy atom. The number of ether oxygens (including phenoxy) is 1. The predicted molar refractivity (Wildman–Crippen MR) is 180 cm³/mol. The Hall–Kier alpha value is -3.26. The number of hydrogen-bond donors (Lipinski definition) is 2. The average molecular weight is 594 g/mol. The number of nitrogens with one attached hydrogen (secondary N) is 2. The van der Waals surface area contributed by atoms with Crippen LogP contribution in [0.2, 0.25) is 0 Å². The lowest BCUT2D eigenvalue weighted by Gasteiger charge is -2.38. The number of anilines is 3. The van der Waals surface area contributed by atoms with Crippen LogP contribution in [-0.2, 0) is 4.79 Å². The van der Waals surface area contributed by atoms with Gasteiger partial charge in [-0.15, -0.1) is 0 Å². The van der Waals surface area contributed by atoms with Crippen molar-refractivity contribution in [3.63, 3.8) is 0 Å². The Bertz CT molecular complexity index is 1110. The second kappa shape index (κ2) is 19.1. The smallest absolute Gasteiger partial charge is 0.253 e. The van der Waals surface area contributed by atoms with Crippen LogP contribution in [0.3, 0.4) is 0 Å². The molecule has 0 saturated carbocycles. The minimum Gasteiger partial charge on any atom is -0.495 e. The number of methoxy groups -OCH3 is 1. The van der Waals surface area contributed by atoms with Gasteiger partial charge in [-0.05, 0) is 63.8 Å². The summed E-state index contributed by atoms with van der Waals surface area (Å²) in [6, 6.07) is 13.9. The highest BCUT2D eigenvalue weighted by Gasteiger charge is 2.24. The maximum Gasteiger partial charge on any atom is 0.253 e. The summed E-state index contributed by atoms with van der Waals surface area (Å²) in [5, 5.41) is 6.15. The maximum atomic E-state index is 13.4. The molecular formula is C35H55N5O3. The summed E-state index contributed by atoms with van der Waals surface area (Å²) in [4.78, 5) is 32.9. The van der Waals surface area contributed by atoms with E-state index in [4.69, 9.17) is 4.74 Å². The number of para-hydroxylation sites is 2. The third-order valence-corrected chi connectivity index (χ3v) is 8.15. The molecular weight excluding hydrogens is 538 g/mol. The number of carbonyl (C=O) groups is 2. The standard InChI is InChI=1S/C35H55N5O3/c1-5-6-7-8-9-10-11-12-13-19-34(41)37-29-20-21-31(30(28-29)35(42)36-22-16-23-38(2)3)39-24-26-40(27-25-39)32-17-14-15-18-33(32)43-4/h14-15,17-18,20-21,28H,5-13,16,19,22-27H2,1-4H3,(H,36,42)(H,37,41). The zero-order valence-electron chi connectivity index (χ0n) is 27.1. The number of nitrogens with zero attached hydrogens (tertiary/aromatic N) is 3. The van der Waals surface area contributed by atoms with Crippen molar-refractivity contribution in [2.75, 3.05) is 75.6 Å². The first-order valence-electron chi connectivity index (χ1n) is 16.4. The van der Waals surface area contributed by atoms with Crippen molar-refractivity contribution >= 4 is 28.9 Å². The molecule has 2 aromatic carbocycles. The summed E-state index contributed by atoms with van der Waals surface area (Å²) in [6.07, 6.45) is 12.4. The van der Waals surface area contributed by atoms with Gasteiger partial charge < -0.3 is 30.1 Å². The van der Waals surface area contributed by atoms with Gasteiger partial charge in [-0.2, -0.15) is 0 Å². The van der Waals surface area contributed by atoms with Crippen LogP contribution in [0, 0.1) is 0 Å². The molecule has 2 amide bonds. The van der Waals surface area contributed by atoms with Gasteiger partial charge >= 0.3 is 0 Å². The van der Waals surface area contributed by atoms with E-state index in [1.807, 2.05) is 50.5 Å². The van der Waals surface area contributed by atoms with Crippen LogP contribution < -0.4 is 25.2 Å². The molecule has 0 radical (unpaired) electrons. The Morgan fingerprint density at radius 2 is 1.44 bits per heavy atom. The van der Waals surface area contributed by atoms with E-state index in [1.165, 1.54) is 44.9 Å². The van der Waals surface area contributed by atoms with E-state index >= 15 is 0 Å². The minimum atomic E-state index is -0.101. The molecule has 0 aliphatic carbocycles. The molecule has 2 N–H and O–H groups in total. The van der Waals surface area contributed by atoms with Crippen LogP contribution in [0.1, 0.15) is 87.9 Å². The van der Waals surface area contributed by atoms with E-state index in [2.05, 4.69) is 38.3 Å². The summed E-state index contributed by atoms with van der Waals surface area (Å²) < 4.78 is 5.58. The summed E-state index contributed by atoms with van der Waals surface area (Å²) >= 11 is 0. The van der Waals surface area contributed by atoms with Gasteiger partial charge in [0.25, 0.3) is 5.91 Å². The second-order valence-corrected chi connectivity index (χ2v) is 11.9. The molecule has 238 valence electrons. The molecule has 1 saturated heterocycles. The number of benzene rings is 2. The van der Waals surface area contributed by atoms with Crippen molar-refractivity contribution in [1.82, 2.24) is 10.2 Å². The highest BCUT2D eigenvalue weighted by atomic mass is 16.5. The highest BCUT2D eigenvalue weighted by molar-refractivity contribution is 6.02. The van der Waals surface area contributed by atoms with Crippen LogP contribution in [0.15, 0.2) is 42.5 Å². The fourth-order valence-corrected chi connectivity index (χ4v) is 5.66. The number of amides is 2. The van der Waals surface area contributed by atoms with Gasteiger partial charge in [0.1, 0.15) is 5.75 Å². The number of piperazine rings is 1. The fourth-order valence-electron chi connectivity index (χ4n) is 5.66. The first-order chi connectivity index (χ1) is 20.9. The van der Waals surface area contributed by atoms with Crippen LogP contribution in [0.4, 0.5) is 17.1 Å². The third-order valence-electron chi connectivity index (χ3n) is 8.15. The molecule has 8 nitrogen and oxygen atoms in total. The van der Waals surface area contributed by atoms with Crippen LogP contribution in [0.5, 0.6) is 5.75 Å². The minimum absolute atomic E-state index is 0.0125. The van der Waals surface area contributed by atoms with E-state index in [-0.39, 0.29) is 11.8 Å². The van der Waals surface area contributed by atoms with E-state index in [1.54, 1.807) is 7.11 Å². The zero-order chi connectivity index (χ0) is 30.9. The number of unbranched alkanes of at least 4 members (excludes halogenated alkanes) is 8. The Labute approximate surface area is 260 Å². The van der Waals surface area contributed by atoms with E-state index < -0.39 is 0 Å². The third kappa shape index (κ3) is 11.7. The second-order valence-electron chi connectivity index (χ2n) is 11.9. The van der Waals surface area contributed by atoms with Crippen molar-refractivity contribution < 1.29 is 14.3 Å². The van der Waals surface area contributed by atoms with Crippen molar-refractivity contribution in [1.29, 1.82) is 0 Å². The molecule has 0 spiro atoms. The molecule has 1 aliphatic rings. The molecule has 2 aromatic rings. The van der Waals surface area contributed by atoms with Gasteiger partial charge in [-0.1, -0.05) is 70.4 Å². The van der Waals surface area contributed by atoms with Crippen LogP contribution >= 0.6 is 0 Å². The van der Waals surface area contributed by atoms with Crippen LogP contribution in [-0.4, -0.2) is 77.2 Å². The SMILES string of the molecule is CCCCCCCCCCCC(=O)Nc1ccc(N2CCN(c3ccccc3OC)CC2)c(C(=O)NCCCN(C)C)c1. The van der Waals surface area contributed by atoms with E-state index in [9.17, 15) is 9.59 Å². The molecule has 43 heavy (non-hydrogen) atoms. The Morgan fingerprint density at radius 1 is 0.814 bits per heavy atom. The van der Waals surface area contributed by atoms with Crippen molar-refractivity contribution in [2.24, 2.45) is 0 Å². The van der Waals surface area contributed by atoms with Gasteiger partial charge in [0.05, 0.1) is 18.4 Å². The molecule has 8 heteroatoms. The monoisotopic (exact) mass is 593 g/mol. The lowest BCUT2D eigenvalue weighted by atomic mass is 10.1. The van der Waals surface area contributed by atoms with Gasteiger partial charge in [-0.25, -0.2) is 0 Å². The topological polar surface area (TPSA) is 77.1 Å². The number of hydrogen-bond acceptors (Lipinski definition) is 6. The quantitative estimate of drug-likeness (QED) is 0.180. The maximum absolute atomic E-state index is 13.4. The molecule has 0 aromatic heterocycles. The molecule has 1 heterocycles. The zero-order valence-corrected chi connectivity index (χ0v) is 27.1. The van der Waals surface area contributed by atoms with Crippen molar-refractivity contribution in [2.45, 2.75) is 77.6 Å². The first kappa shape index (κ1) is 34.2. The van der Waals surface area contributed by atoms with Gasteiger partial charge in [0.15, 0.2) is 0 Å². The summed E-state index contributed by atoms with van der Waals surface area (Å²) in [7, 11) is 5.77. The lowest BCUT2D eigenvalue weighted by molar-refractivity contribution is -0.116. The van der Waals surface area contributed by atoms with E-state index in [0.717, 1.165) is 69.1 Å². The molecule has 3 rings (SSSR count). The first-order valence-corrected chi connectivity index (χ1v) is 16.4. The van der Waals surface area contributed by atoms with Gasteiger partial charge in [-0.3, -0.25) is 9.59 Å². The molecule has 0 atom stereocenters.